The van der Waals surface area contributed by atoms with Crippen molar-refractivity contribution in [2.75, 3.05) is 5.84 Å². The predicted molar refractivity (Wildman–Crippen MR) is 52.8 cm³/mol. The molecule has 0 aliphatic rings. The summed E-state index contributed by atoms with van der Waals surface area (Å²) in [7, 11) is 0. The molecule has 1 aromatic rings. The van der Waals surface area contributed by atoms with Crippen LogP contribution in [0.2, 0.25) is 0 Å². The monoisotopic (exact) mass is 166 g/mol. The molecule has 0 bridgehead atoms. The van der Waals surface area contributed by atoms with Gasteiger partial charge in [0.05, 0.1) is 0 Å². The average molecular weight is 166 g/mol. The van der Waals surface area contributed by atoms with E-state index in [2.05, 4.69) is 33.8 Å². The van der Waals surface area contributed by atoms with E-state index >= 15 is 0 Å². The maximum absolute atomic E-state index is 5.91. The van der Waals surface area contributed by atoms with Gasteiger partial charge in [0.25, 0.3) is 0 Å². The van der Waals surface area contributed by atoms with Crippen LogP contribution >= 0.6 is 0 Å². The molecular formula is C10H18N2. The second kappa shape index (κ2) is 2.54. The minimum absolute atomic E-state index is 0.133. The molecule has 0 saturated carbocycles. The predicted octanol–water partition coefficient (Wildman–Crippen LogP) is 2.12. The van der Waals surface area contributed by atoms with E-state index in [0.717, 1.165) is 5.69 Å². The van der Waals surface area contributed by atoms with E-state index in [1.54, 1.807) is 4.68 Å². The molecule has 12 heavy (non-hydrogen) atoms. The van der Waals surface area contributed by atoms with E-state index < -0.39 is 0 Å². The van der Waals surface area contributed by atoms with Crippen LogP contribution in [0.25, 0.3) is 0 Å². The lowest BCUT2D eigenvalue weighted by atomic mass is 9.92. The Morgan fingerprint density at radius 1 is 1.25 bits per heavy atom. The van der Waals surface area contributed by atoms with Gasteiger partial charge in [0.1, 0.15) is 0 Å². The van der Waals surface area contributed by atoms with E-state index in [0.29, 0.717) is 0 Å². The zero-order valence-corrected chi connectivity index (χ0v) is 8.60. The van der Waals surface area contributed by atoms with E-state index in [-0.39, 0.29) is 5.41 Å². The molecule has 0 aliphatic carbocycles. The van der Waals surface area contributed by atoms with Crippen molar-refractivity contribution < 1.29 is 0 Å². The summed E-state index contributed by atoms with van der Waals surface area (Å²) in [6, 6.07) is 2.16. The first-order valence-corrected chi connectivity index (χ1v) is 4.28. The number of nitrogens with two attached hydrogens (primary N) is 1. The molecule has 0 aromatic carbocycles. The summed E-state index contributed by atoms with van der Waals surface area (Å²) in [4.78, 5) is 0. The summed E-state index contributed by atoms with van der Waals surface area (Å²) in [6.07, 6.45) is 0. The summed E-state index contributed by atoms with van der Waals surface area (Å²) in [5.41, 5.74) is 3.74. The van der Waals surface area contributed by atoms with Crippen LogP contribution in [0.15, 0.2) is 6.07 Å². The Morgan fingerprint density at radius 3 is 1.92 bits per heavy atom. The van der Waals surface area contributed by atoms with Gasteiger partial charge in [-0.25, -0.2) is 0 Å². The highest BCUT2D eigenvalue weighted by Gasteiger charge is 2.19. The largest absolute Gasteiger partial charge is 0.339 e. The van der Waals surface area contributed by atoms with Gasteiger partial charge >= 0.3 is 0 Å². The molecule has 1 heterocycles. The van der Waals surface area contributed by atoms with Crippen molar-refractivity contribution >= 4 is 0 Å². The van der Waals surface area contributed by atoms with Crippen LogP contribution in [0, 0.1) is 13.8 Å². The van der Waals surface area contributed by atoms with Crippen molar-refractivity contribution in [3.05, 3.63) is 23.0 Å². The van der Waals surface area contributed by atoms with Crippen molar-refractivity contribution in [2.24, 2.45) is 0 Å². The van der Waals surface area contributed by atoms with Gasteiger partial charge in [-0.2, -0.15) is 0 Å². The first-order chi connectivity index (χ1) is 5.34. The number of nitrogens with zero attached hydrogens (tertiary/aromatic N) is 1. The molecule has 0 saturated heterocycles. The maximum Gasteiger partial charge on any atom is 0.0451 e. The zero-order valence-electron chi connectivity index (χ0n) is 8.60. The molecule has 0 radical (unpaired) electrons. The quantitative estimate of drug-likeness (QED) is 0.588. The number of rotatable bonds is 0. The minimum Gasteiger partial charge on any atom is -0.339 e. The average Bonchev–Trinajstić information content (AvgIpc) is 2.15. The molecular weight excluding hydrogens is 148 g/mol. The SMILES string of the molecule is Cc1cc(C(C)(C)C)n(N)c1C. The third-order valence-corrected chi connectivity index (χ3v) is 2.31. The summed E-state index contributed by atoms with van der Waals surface area (Å²) in [5, 5.41) is 0. The third-order valence-electron chi connectivity index (χ3n) is 2.31. The second-order valence-electron chi connectivity index (χ2n) is 4.42. The molecule has 1 rings (SSSR count). The smallest absolute Gasteiger partial charge is 0.0451 e. The number of aromatic nitrogens is 1. The molecule has 2 N–H and O–H groups in total. The van der Waals surface area contributed by atoms with Gasteiger partial charge in [0.2, 0.25) is 0 Å². The van der Waals surface area contributed by atoms with E-state index in [9.17, 15) is 0 Å². The Balaban J connectivity index is 3.28. The number of aryl methyl sites for hydroxylation is 1. The Morgan fingerprint density at radius 2 is 1.75 bits per heavy atom. The molecule has 0 unspecified atom stereocenters. The fourth-order valence-corrected chi connectivity index (χ4v) is 1.33. The van der Waals surface area contributed by atoms with Crippen molar-refractivity contribution in [3.63, 3.8) is 0 Å². The van der Waals surface area contributed by atoms with Gasteiger partial charge < -0.3 is 5.84 Å². The highest BCUT2D eigenvalue weighted by Crippen LogP contribution is 2.24. The molecule has 2 heteroatoms. The fourth-order valence-electron chi connectivity index (χ4n) is 1.33. The second-order valence-corrected chi connectivity index (χ2v) is 4.42. The molecule has 0 amide bonds. The zero-order chi connectivity index (χ0) is 9.52. The maximum atomic E-state index is 5.91. The van der Waals surface area contributed by atoms with Crippen LogP contribution < -0.4 is 5.84 Å². The standard InChI is InChI=1S/C10H18N2/c1-7-6-9(10(3,4)5)12(11)8(7)2/h6H,11H2,1-5H3. The van der Waals surface area contributed by atoms with Crippen LogP contribution in [0.5, 0.6) is 0 Å². The van der Waals surface area contributed by atoms with E-state index in [4.69, 9.17) is 5.84 Å². The van der Waals surface area contributed by atoms with Crippen molar-refractivity contribution in [1.82, 2.24) is 4.68 Å². The molecule has 2 nitrogen and oxygen atoms in total. The van der Waals surface area contributed by atoms with Crippen LogP contribution in [-0.2, 0) is 5.41 Å². The van der Waals surface area contributed by atoms with Crippen molar-refractivity contribution in [3.8, 4) is 0 Å². The normalized spacial score (nSPS) is 12.1. The van der Waals surface area contributed by atoms with Gasteiger partial charge in [-0.15, -0.1) is 0 Å². The minimum atomic E-state index is 0.133. The third kappa shape index (κ3) is 1.33. The van der Waals surface area contributed by atoms with Crippen molar-refractivity contribution in [1.29, 1.82) is 0 Å². The molecule has 0 atom stereocenters. The van der Waals surface area contributed by atoms with Crippen LogP contribution in [0.3, 0.4) is 0 Å². The van der Waals surface area contributed by atoms with Gasteiger partial charge in [-0.3, -0.25) is 4.68 Å². The molecule has 68 valence electrons. The molecule has 1 aromatic heterocycles. The number of hydrogen-bond acceptors (Lipinski definition) is 1. The highest BCUT2D eigenvalue weighted by molar-refractivity contribution is 5.29. The topological polar surface area (TPSA) is 30.9 Å². The Hall–Kier alpha value is -0.920. The first kappa shape index (κ1) is 9.17. The summed E-state index contributed by atoms with van der Waals surface area (Å²) in [6.45, 7) is 10.7. The summed E-state index contributed by atoms with van der Waals surface area (Å²) in [5.74, 6) is 5.91. The summed E-state index contributed by atoms with van der Waals surface area (Å²) < 4.78 is 1.79. The van der Waals surface area contributed by atoms with Crippen molar-refractivity contribution in [2.45, 2.75) is 40.0 Å². The lowest BCUT2D eigenvalue weighted by Crippen LogP contribution is -2.23. The van der Waals surface area contributed by atoms with Gasteiger partial charge in [-0.05, 0) is 25.5 Å². The van der Waals surface area contributed by atoms with Gasteiger partial charge in [0, 0.05) is 16.8 Å². The molecule has 0 fully saturated rings. The van der Waals surface area contributed by atoms with Gasteiger partial charge in [-0.1, -0.05) is 20.8 Å². The Bertz CT molecular complexity index is 290. The van der Waals surface area contributed by atoms with Crippen LogP contribution in [-0.4, -0.2) is 4.68 Å². The van der Waals surface area contributed by atoms with E-state index in [1.807, 2.05) is 6.92 Å². The number of hydrogen-bond donors (Lipinski definition) is 1. The Kier molecular flexibility index (Phi) is 1.94. The lowest BCUT2D eigenvalue weighted by Gasteiger charge is -2.19. The first-order valence-electron chi connectivity index (χ1n) is 4.28. The van der Waals surface area contributed by atoms with Gasteiger partial charge in [0.15, 0.2) is 0 Å². The fraction of sp³-hybridized carbons (Fsp3) is 0.600. The molecule has 0 aliphatic heterocycles. The van der Waals surface area contributed by atoms with Crippen LogP contribution in [0.1, 0.15) is 37.7 Å². The Labute approximate surface area is 74.4 Å². The highest BCUT2D eigenvalue weighted by atomic mass is 15.3. The number of nitrogen functional groups attached to an aromatic ring is 1. The lowest BCUT2D eigenvalue weighted by molar-refractivity contribution is 0.548. The van der Waals surface area contributed by atoms with Crippen LogP contribution in [0.4, 0.5) is 0 Å². The van der Waals surface area contributed by atoms with E-state index in [1.165, 1.54) is 11.3 Å². The molecule has 0 spiro atoms. The summed E-state index contributed by atoms with van der Waals surface area (Å²) >= 11 is 0.